The maximum Gasteiger partial charge on any atom is 0.225 e. The number of hydrogen-bond acceptors (Lipinski definition) is 4. The van der Waals surface area contributed by atoms with Gasteiger partial charge in [0.2, 0.25) is 5.79 Å². The van der Waals surface area contributed by atoms with E-state index in [4.69, 9.17) is 14.5 Å². The Balaban J connectivity index is 1.88. The highest BCUT2D eigenvalue weighted by atomic mass is 32.2. The molecule has 1 aliphatic rings. The summed E-state index contributed by atoms with van der Waals surface area (Å²) >= 11 is 1.78. The normalized spacial score (nSPS) is 26.2. The third kappa shape index (κ3) is 3.24. The smallest absolute Gasteiger partial charge is 0.225 e. The Morgan fingerprint density at radius 3 is 2.21 bits per heavy atom. The topological polar surface area (TPSA) is 27.7 Å². The van der Waals surface area contributed by atoms with Crippen molar-refractivity contribution in [3.8, 4) is 0 Å². The second kappa shape index (κ2) is 6.52. The minimum absolute atomic E-state index is 0.531. The highest BCUT2D eigenvalue weighted by molar-refractivity contribution is 7.99. The largest absolute Gasteiger partial charge is 0.347 e. The summed E-state index contributed by atoms with van der Waals surface area (Å²) in [6.07, 6.45) is 0. The van der Waals surface area contributed by atoms with Gasteiger partial charge in [-0.25, -0.2) is 4.89 Å². The Kier molecular flexibility index (Phi) is 4.76. The molecule has 4 heteroatoms. The molecule has 2 aromatic rings. The van der Waals surface area contributed by atoms with E-state index in [0.717, 1.165) is 16.9 Å². The first-order valence-corrected chi connectivity index (χ1v) is 9.08. The van der Waals surface area contributed by atoms with E-state index in [9.17, 15) is 0 Å². The molecule has 0 spiro atoms. The van der Waals surface area contributed by atoms with Crippen LogP contribution in [0.15, 0.2) is 47.4 Å². The van der Waals surface area contributed by atoms with Crippen LogP contribution < -0.4 is 0 Å². The fourth-order valence-corrected chi connectivity index (χ4v) is 4.27. The lowest BCUT2D eigenvalue weighted by molar-refractivity contribution is -0.475. The molecule has 3 nitrogen and oxygen atoms in total. The average molecular weight is 344 g/mol. The zero-order valence-corrected chi connectivity index (χ0v) is 15.7. The second-order valence-electron chi connectivity index (χ2n) is 6.71. The van der Waals surface area contributed by atoms with E-state index in [-0.39, 0.29) is 0 Å². The minimum Gasteiger partial charge on any atom is -0.347 e. The van der Waals surface area contributed by atoms with E-state index >= 15 is 0 Å². The van der Waals surface area contributed by atoms with E-state index in [0.29, 0.717) is 0 Å². The number of rotatable bonds is 4. The fourth-order valence-electron chi connectivity index (χ4n) is 3.08. The standard InChI is InChI=1S/C20H24O3S/c1-14-10-15(2)12-16(11-14)24-13-19(3)17-8-6-7-9-18(17)20(4,21-5)23-22-19/h6-12H,13H2,1-5H3/t19-,20+/m1/s1. The van der Waals surface area contributed by atoms with Gasteiger partial charge >= 0.3 is 0 Å². The van der Waals surface area contributed by atoms with E-state index in [1.807, 2.05) is 25.1 Å². The second-order valence-corrected chi connectivity index (χ2v) is 7.75. The van der Waals surface area contributed by atoms with Crippen molar-refractivity contribution in [2.75, 3.05) is 12.9 Å². The highest BCUT2D eigenvalue weighted by Gasteiger charge is 2.45. The molecule has 0 radical (unpaired) electrons. The maximum atomic E-state index is 5.83. The lowest BCUT2D eigenvalue weighted by atomic mass is 9.88. The van der Waals surface area contributed by atoms with Crippen LogP contribution >= 0.6 is 11.8 Å². The van der Waals surface area contributed by atoms with Crippen molar-refractivity contribution in [3.63, 3.8) is 0 Å². The van der Waals surface area contributed by atoms with E-state index in [1.165, 1.54) is 16.0 Å². The Labute approximate surface area is 148 Å². The summed E-state index contributed by atoms with van der Waals surface area (Å²) in [5.41, 5.74) is 4.14. The molecule has 128 valence electrons. The van der Waals surface area contributed by atoms with Gasteiger partial charge in [0.15, 0.2) is 0 Å². The van der Waals surface area contributed by atoms with Crippen molar-refractivity contribution in [1.29, 1.82) is 0 Å². The molecule has 3 rings (SSSR count). The lowest BCUT2D eigenvalue weighted by Gasteiger charge is -2.42. The quantitative estimate of drug-likeness (QED) is 0.570. The van der Waals surface area contributed by atoms with Gasteiger partial charge in [0, 0.05) is 23.3 Å². The van der Waals surface area contributed by atoms with Gasteiger partial charge in [-0.3, -0.25) is 0 Å². The van der Waals surface area contributed by atoms with Gasteiger partial charge in [-0.2, -0.15) is 4.89 Å². The van der Waals surface area contributed by atoms with Gasteiger partial charge in [0.1, 0.15) is 5.60 Å². The molecular weight excluding hydrogens is 320 g/mol. The molecule has 0 aliphatic carbocycles. The minimum atomic E-state index is -0.874. The monoisotopic (exact) mass is 344 g/mol. The van der Waals surface area contributed by atoms with Crippen molar-refractivity contribution < 1.29 is 14.5 Å². The first-order valence-electron chi connectivity index (χ1n) is 8.09. The molecule has 2 aromatic carbocycles. The van der Waals surface area contributed by atoms with Gasteiger partial charge in [0.25, 0.3) is 0 Å². The first kappa shape index (κ1) is 17.5. The van der Waals surface area contributed by atoms with Crippen LogP contribution in [0.4, 0.5) is 0 Å². The van der Waals surface area contributed by atoms with Crippen molar-refractivity contribution in [1.82, 2.24) is 0 Å². The third-order valence-corrected chi connectivity index (χ3v) is 5.73. The molecule has 1 heterocycles. The molecule has 0 amide bonds. The number of ether oxygens (including phenoxy) is 1. The Morgan fingerprint density at radius 2 is 1.58 bits per heavy atom. The summed E-state index contributed by atoms with van der Waals surface area (Å²) in [5, 5.41) is 0. The number of benzene rings is 2. The summed E-state index contributed by atoms with van der Waals surface area (Å²) < 4.78 is 5.54. The highest BCUT2D eigenvalue weighted by Crippen LogP contribution is 2.44. The number of thioether (sulfide) groups is 1. The summed E-state index contributed by atoms with van der Waals surface area (Å²) in [4.78, 5) is 12.7. The Bertz CT molecular complexity index is 725. The molecule has 24 heavy (non-hydrogen) atoms. The number of hydrogen-bond donors (Lipinski definition) is 0. The zero-order valence-electron chi connectivity index (χ0n) is 14.9. The van der Waals surface area contributed by atoms with Crippen molar-refractivity contribution in [2.24, 2.45) is 0 Å². The van der Waals surface area contributed by atoms with Crippen LogP contribution in [0.3, 0.4) is 0 Å². The average Bonchev–Trinajstić information content (AvgIpc) is 2.56. The molecule has 0 saturated carbocycles. The Hall–Kier alpha value is -1.33. The molecule has 0 N–H and O–H groups in total. The first-order chi connectivity index (χ1) is 11.4. The molecule has 0 aromatic heterocycles. The van der Waals surface area contributed by atoms with Crippen LogP contribution in [0.5, 0.6) is 0 Å². The van der Waals surface area contributed by atoms with Crippen LogP contribution in [0, 0.1) is 13.8 Å². The van der Waals surface area contributed by atoms with Crippen molar-refractivity contribution in [3.05, 3.63) is 64.7 Å². The fraction of sp³-hybridized carbons (Fsp3) is 0.400. The van der Waals surface area contributed by atoms with Gasteiger partial charge < -0.3 is 4.74 Å². The van der Waals surface area contributed by atoms with Crippen molar-refractivity contribution >= 4 is 11.8 Å². The van der Waals surface area contributed by atoms with Gasteiger partial charge in [-0.1, -0.05) is 30.3 Å². The van der Waals surface area contributed by atoms with E-state index in [1.54, 1.807) is 18.9 Å². The van der Waals surface area contributed by atoms with Gasteiger partial charge in [-0.05, 0) is 56.5 Å². The molecule has 0 bridgehead atoms. The van der Waals surface area contributed by atoms with Crippen molar-refractivity contribution in [2.45, 2.75) is 44.0 Å². The van der Waals surface area contributed by atoms with Crippen LogP contribution in [0.2, 0.25) is 0 Å². The molecule has 0 unspecified atom stereocenters. The van der Waals surface area contributed by atoms with Crippen LogP contribution in [-0.4, -0.2) is 12.9 Å². The van der Waals surface area contributed by atoms with Crippen LogP contribution in [0.1, 0.15) is 36.1 Å². The summed E-state index contributed by atoms with van der Waals surface area (Å²) in [6, 6.07) is 14.8. The molecular formula is C20H24O3S. The van der Waals surface area contributed by atoms with Crippen LogP contribution in [-0.2, 0) is 25.9 Å². The zero-order chi connectivity index (χ0) is 17.4. The molecule has 1 aliphatic heterocycles. The maximum absolute atomic E-state index is 5.83. The molecule has 0 saturated heterocycles. The van der Waals surface area contributed by atoms with Crippen LogP contribution in [0.25, 0.3) is 0 Å². The van der Waals surface area contributed by atoms with Gasteiger partial charge in [0.05, 0.1) is 0 Å². The SMILES string of the molecule is CO[C@@]1(C)OO[C@](C)(CSc2cc(C)cc(C)c2)c2ccccc21. The lowest BCUT2D eigenvalue weighted by Crippen LogP contribution is -2.43. The number of aryl methyl sites for hydroxylation is 2. The molecule has 0 fully saturated rings. The number of methoxy groups -OCH3 is 1. The van der Waals surface area contributed by atoms with E-state index < -0.39 is 11.4 Å². The predicted molar refractivity (Wildman–Crippen MR) is 97.0 cm³/mol. The summed E-state index contributed by atoms with van der Waals surface area (Å²) in [6.45, 7) is 8.19. The summed E-state index contributed by atoms with van der Waals surface area (Å²) in [5.74, 6) is -0.118. The number of fused-ring (bicyclic) bond motifs is 1. The Morgan fingerprint density at radius 1 is 0.958 bits per heavy atom. The summed E-state index contributed by atoms with van der Waals surface area (Å²) in [7, 11) is 1.63. The predicted octanol–water partition coefficient (Wildman–Crippen LogP) is 5.09. The third-order valence-electron chi connectivity index (χ3n) is 4.47. The molecule has 2 atom stereocenters. The van der Waals surface area contributed by atoms with Gasteiger partial charge in [-0.15, -0.1) is 11.8 Å². The van der Waals surface area contributed by atoms with E-state index in [2.05, 4.69) is 45.0 Å².